The van der Waals surface area contributed by atoms with Crippen LogP contribution >= 0.6 is 11.8 Å². The zero-order valence-corrected chi connectivity index (χ0v) is 18.0. The van der Waals surface area contributed by atoms with Crippen LogP contribution < -0.4 is 10.2 Å². The summed E-state index contributed by atoms with van der Waals surface area (Å²) in [6, 6.07) is 13.0. The average Bonchev–Trinajstić information content (AvgIpc) is 3.13. The van der Waals surface area contributed by atoms with Crippen molar-refractivity contribution in [2.24, 2.45) is 0 Å². The van der Waals surface area contributed by atoms with E-state index in [0.29, 0.717) is 43.1 Å². The molecule has 4 rings (SSSR count). The Labute approximate surface area is 184 Å². The Hall–Kier alpha value is -2.88. The molecule has 0 unspecified atom stereocenters. The van der Waals surface area contributed by atoms with E-state index in [9.17, 15) is 14.7 Å². The summed E-state index contributed by atoms with van der Waals surface area (Å²) in [7, 11) is 0. The van der Waals surface area contributed by atoms with Gasteiger partial charge in [-0.1, -0.05) is 6.07 Å². The number of aryl methyl sites for hydroxylation is 1. The standard InChI is InChI=1S/C22H24N4O4S/c1-31-17-5-2-4-15(12-17)21(29)24-22-23-18-13-16(25-9-11-30-14-20(25)28)6-7-19(18)26(22)8-3-10-27/h2,4-7,12-13,27H,3,8-11,14H2,1H3,(H,23,24,29). The van der Waals surface area contributed by atoms with Crippen LogP contribution in [0.15, 0.2) is 47.4 Å². The smallest absolute Gasteiger partial charge is 0.258 e. The summed E-state index contributed by atoms with van der Waals surface area (Å²) in [5.74, 6) is 0.0704. The first-order chi connectivity index (χ1) is 15.1. The molecule has 9 heteroatoms. The van der Waals surface area contributed by atoms with E-state index < -0.39 is 0 Å². The molecule has 0 saturated carbocycles. The molecule has 31 heavy (non-hydrogen) atoms. The molecule has 2 aromatic carbocycles. The van der Waals surface area contributed by atoms with Crippen LogP contribution in [0.1, 0.15) is 16.8 Å². The minimum Gasteiger partial charge on any atom is -0.396 e. The van der Waals surface area contributed by atoms with Crippen LogP contribution in [0.5, 0.6) is 0 Å². The molecule has 0 atom stereocenters. The van der Waals surface area contributed by atoms with Crippen molar-refractivity contribution in [3.8, 4) is 0 Å². The monoisotopic (exact) mass is 440 g/mol. The molecule has 0 bridgehead atoms. The average molecular weight is 441 g/mol. The summed E-state index contributed by atoms with van der Waals surface area (Å²) >= 11 is 1.57. The number of thioether (sulfide) groups is 1. The number of anilines is 2. The highest BCUT2D eigenvalue weighted by molar-refractivity contribution is 7.98. The van der Waals surface area contributed by atoms with Gasteiger partial charge in [0, 0.05) is 35.8 Å². The number of aliphatic hydroxyl groups is 1. The van der Waals surface area contributed by atoms with Crippen LogP contribution in [-0.4, -0.2) is 59.1 Å². The van der Waals surface area contributed by atoms with Crippen LogP contribution in [0.4, 0.5) is 11.6 Å². The molecule has 1 aliphatic heterocycles. The number of carbonyl (C=O) groups is 2. The third-order valence-corrected chi connectivity index (χ3v) is 5.85. The number of hydrogen-bond acceptors (Lipinski definition) is 6. The van der Waals surface area contributed by atoms with Crippen LogP contribution in [-0.2, 0) is 16.1 Å². The van der Waals surface area contributed by atoms with Crippen LogP contribution in [0.2, 0.25) is 0 Å². The minimum atomic E-state index is -0.250. The normalized spacial score (nSPS) is 14.3. The van der Waals surface area contributed by atoms with Gasteiger partial charge in [0.25, 0.3) is 11.8 Å². The van der Waals surface area contributed by atoms with Gasteiger partial charge in [-0.05, 0) is 49.1 Å². The maximum absolute atomic E-state index is 12.9. The first-order valence-corrected chi connectivity index (χ1v) is 11.3. The van der Waals surface area contributed by atoms with Gasteiger partial charge in [0.1, 0.15) is 6.61 Å². The molecule has 3 aromatic rings. The van der Waals surface area contributed by atoms with E-state index in [-0.39, 0.29) is 25.0 Å². The first-order valence-electron chi connectivity index (χ1n) is 10.1. The van der Waals surface area contributed by atoms with Crippen molar-refractivity contribution in [3.63, 3.8) is 0 Å². The van der Waals surface area contributed by atoms with E-state index in [1.54, 1.807) is 22.7 Å². The number of rotatable bonds is 7. The van der Waals surface area contributed by atoms with Crippen molar-refractivity contribution >= 4 is 46.2 Å². The lowest BCUT2D eigenvalue weighted by Crippen LogP contribution is -2.41. The highest BCUT2D eigenvalue weighted by atomic mass is 32.2. The number of aromatic nitrogens is 2. The maximum Gasteiger partial charge on any atom is 0.258 e. The molecule has 1 saturated heterocycles. The Morgan fingerprint density at radius 1 is 1.29 bits per heavy atom. The number of amides is 2. The Kier molecular flexibility index (Phi) is 6.55. The number of morpholine rings is 1. The van der Waals surface area contributed by atoms with Gasteiger partial charge in [0.2, 0.25) is 5.95 Å². The van der Waals surface area contributed by atoms with Crippen LogP contribution in [0.3, 0.4) is 0 Å². The SMILES string of the molecule is CSc1cccc(C(=O)Nc2nc3cc(N4CCOCC4=O)ccc3n2CCCO)c1. The molecule has 8 nitrogen and oxygen atoms in total. The second-order valence-corrected chi connectivity index (χ2v) is 8.00. The number of imidazole rings is 1. The second kappa shape index (κ2) is 9.51. The third-order valence-electron chi connectivity index (χ3n) is 5.13. The Balaban J connectivity index is 1.67. The van der Waals surface area contributed by atoms with Gasteiger partial charge in [-0.3, -0.25) is 14.9 Å². The van der Waals surface area contributed by atoms with E-state index in [0.717, 1.165) is 16.1 Å². The third kappa shape index (κ3) is 4.58. The number of carbonyl (C=O) groups excluding carboxylic acids is 2. The molecule has 0 aliphatic carbocycles. The summed E-state index contributed by atoms with van der Waals surface area (Å²) < 4.78 is 7.09. The predicted octanol–water partition coefficient (Wildman–Crippen LogP) is 2.76. The molecule has 2 N–H and O–H groups in total. The van der Waals surface area contributed by atoms with Crippen LogP contribution in [0, 0.1) is 0 Å². The Morgan fingerprint density at radius 3 is 2.94 bits per heavy atom. The van der Waals surface area contributed by atoms with Crippen molar-refractivity contribution in [1.29, 1.82) is 0 Å². The predicted molar refractivity (Wildman–Crippen MR) is 121 cm³/mol. The molecular formula is C22H24N4O4S. The number of hydrogen-bond donors (Lipinski definition) is 2. The largest absolute Gasteiger partial charge is 0.396 e. The fraction of sp³-hybridized carbons (Fsp3) is 0.318. The molecule has 0 radical (unpaired) electrons. The molecular weight excluding hydrogens is 416 g/mol. The summed E-state index contributed by atoms with van der Waals surface area (Å²) in [4.78, 5) is 32.4. The number of fused-ring (bicyclic) bond motifs is 1. The highest BCUT2D eigenvalue weighted by Crippen LogP contribution is 2.27. The summed E-state index contributed by atoms with van der Waals surface area (Å²) in [5, 5.41) is 12.2. The molecule has 1 aromatic heterocycles. The quantitative estimate of drug-likeness (QED) is 0.549. The van der Waals surface area contributed by atoms with E-state index in [2.05, 4.69) is 10.3 Å². The van der Waals surface area contributed by atoms with Gasteiger partial charge >= 0.3 is 0 Å². The van der Waals surface area contributed by atoms with Gasteiger partial charge in [-0.2, -0.15) is 0 Å². The summed E-state index contributed by atoms with van der Waals surface area (Å²) in [6.07, 6.45) is 2.49. The zero-order chi connectivity index (χ0) is 21.8. The van der Waals surface area contributed by atoms with E-state index in [1.165, 1.54) is 0 Å². The summed E-state index contributed by atoms with van der Waals surface area (Å²) in [5.41, 5.74) is 2.79. The van der Waals surface area contributed by atoms with E-state index >= 15 is 0 Å². The number of benzene rings is 2. The fourth-order valence-corrected chi connectivity index (χ4v) is 4.03. The van der Waals surface area contributed by atoms with Crippen molar-refractivity contribution < 1.29 is 19.4 Å². The lowest BCUT2D eigenvalue weighted by molar-refractivity contribution is -0.125. The maximum atomic E-state index is 12.9. The lowest BCUT2D eigenvalue weighted by Gasteiger charge is -2.26. The zero-order valence-electron chi connectivity index (χ0n) is 17.2. The molecule has 162 valence electrons. The topological polar surface area (TPSA) is 96.7 Å². The fourth-order valence-electron chi connectivity index (χ4n) is 3.57. The second-order valence-electron chi connectivity index (χ2n) is 7.12. The number of aliphatic hydroxyl groups excluding tert-OH is 1. The van der Waals surface area contributed by atoms with Crippen molar-refractivity contribution in [1.82, 2.24) is 9.55 Å². The summed E-state index contributed by atoms with van der Waals surface area (Å²) in [6.45, 7) is 1.59. The first kappa shape index (κ1) is 21.4. The number of ether oxygens (including phenoxy) is 1. The van der Waals surface area contributed by atoms with Gasteiger partial charge in [0.15, 0.2) is 0 Å². The molecule has 0 spiro atoms. The number of nitrogens with one attached hydrogen (secondary N) is 1. The Bertz CT molecular complexity index is 1110. The lowest BCUT2D eigenvalue weighted by atomic mass is 10.2. The van der Waals surface area contributed by atoms with Gasteiger partial charge < -0.3 is 19.3 Å². The van der Waals surface area contributed by atoms with Gasteiger partial charge in [0.05, 0.1) is 17.6 Å². The van der Waals surface area contributed by atoms with Gasteiger partial charge in [-0.25, -0.2) is 4.98 Å². The van der Waals surface area contributed by atoms with E-state index in [1.807, 2.05) is 47.2 Å². The molecule has 2 heterocycles. The van der Waals surface area contributed by atoms with Crippen molar-refractivity contribution in [2.45, 2.75) is 17.9 Å². The van der Waals surface area contributed by atoms with Crippen molar-refractivity contribution in [3.05, 3.63) is 48.0 Å². The number of nitrogens with zero attached hydrogens (tertiary/aromatic N) is 3. The molecule has 1 aliphatic rings. The van der Waals surface area contributed by atoms with Crippen molar-refractivity contribution in [2.75, 3.05) is 42.8 Å². The highest BCUT2D eigenvalue weighted by Gasteiger charge is 2.22. The van der Waals surface area contributed by atoms with E-state index in [4.69, 9.17) is 4.74 Å². The molecule has 1 fully saturated rings. The minimum absolute atomic E-state index is 0.0309. The van der Waals surface area contributed by atoms with Gasteiger partial charge in [-0.15, -0.1) is 11.8 Å². The molecule has 2 amide bonds. The van der Waals surface area contributed by atoms with Crippen LogP contribution in [0.25, 0.3) is 11.0 Å². The Morgan fingerprint density at radius 2 is 2.16 bits per heavy atom.